The van der Waals surface area contributed by atoms with E-state index >= 15 is 0 Å². The largest absolute Gasteiger partial charge is 0.487 e. The van der Waals surface area contributed by atoms with Gasteiger partial charge < -0.3 is 14.2 Å². The molecular weight excluding hydrogens is 316 g/mol. The minimum Gasteiger partial charge on any atom is -0.487 e. The van der Waals surface area contributed by atoms with Crippen LogP contribution < -0.4 is 9.47 Å². The van der Waals surface area contributed by atoms with Gasteiger partial charge in [-0.3, -0.25) is 0 Å². The van der Waals surface area contributed by atoms with Crippen molar-refractivity contribution in [2.24, 2.45) is 0 Å². The van der Waals surface area contributed by atoms with E-state index in [1.54, 1.807) is 25.3 Å². The molecule has 0 N–H and O–H groups in total. The minimum absolute atomic E-state index is 0.0146. The van der Waals surface area contributed by atoms with Gasteiger partial charge in [-0.05, 0) is 50.1 Å². The maximum absolute atomic E-state index is 12.4. The molecule has 2 aromatic rings. The summed E-state index contributed by atoms with van der Waals surface area (Å²) in [5.74, 6) is 0.613. The van der Waals surface area contributed by atoms with Gasteiger partial charge in [0.1, 0.15) is 0 Å². The second kappa shape index (κ2) is 9.23. The van der Waals surface area contributed by atoms with Crippen molar-refractivity contribution in [1.29, 1.82) is 0 Å². The first kappa shape index (κ1) is 19.0. The molecule has 0 amide bonds. The molecule has 2 rings (SSSR count). The van der Waals surface area contributed by atoms with Crippen molar-refractivity contribution in [2.45, 2.75) is 45.8 Å². The van der Waals surface area contributed by atoms with E-state index in [9.17, 15) is 4.79 Å². The maximum Gasteiger partial charge on any atom is 0.343 e. The van der Waals surface area contributed by atoms with E-state index in [-0.39, 0.29) is 12.2 Å². The topological polar surface area (TPSA) is 44.8 Å². The summed E-state index contributed by atoms with van der Waals surface area (Å²) in [6, 6.07) is 14.5. The predicted molar refractivity (Wildman–Crippen MR) is 98.3 cm³/mol. The fraction of sp³-hybridized carbons (Fsp3) is 0.381. The van der Waals surface area contributed by atoms with E-state index in [0.717, 1.165) is 18.4 Å². The molecule has 0 bridgehead atoms. The van der Waals surface area contributed by atoms with Crippen LogP contribution in [0.2, 0.25) is 0 Å². The molecule has 134 valence electrons. The van der Waals surface area contributed by atoms with Gasteiger partial charge in [-0.25, -0.2) is 4.79 Å². The van der Waals surface area contributed by atoms with Crippen molar-refractivity contribution in [1.82, 2.24) is 0 Å². The van der Waals surface area contributed by atoms with Gasteiger partial charge in [-0.1, -0.05) is 37.6 Å². The molecule has 4 nitrogen and oxygen atoms in total. The number of methoxy groups -OCH3 is 1. The van der Waals surface area contributed by atoms with Gasteiger partial charge in [0.15, 0.2) is 11.5 Å². The third-order valence-corrected chi connectivity index (χ3v) is 4.04. The molecule has 0 fully saturated rings. The molecular formula is C21H26O4. The van der Waals surface area contributed by atoms with Crippen molar-refractivity contribution in [2.75, 3.05) is 7.11 Å². The molecule has 4 heteroatoms. The molecule has 2 atom stereocenters. The van der Waals surface area contributed by atoms with E-state index in [2.05, 4.69) is 6.92 Å². The first-order chi connectivity index (χ1) is 12.0. The third-order valence-electron chi connectivity index (χ3n) is 4.04. The number of esters is 1. The molecule has 0 aliphatic heterocycles. The Morgan fingerprint density at radius 1 is 1.00 bits per heavy atom. The lowest BCUT2D eigenvalue weighted by molar-refractivity contribution is 0.0723. The standard InChI is InChI=1S/C21H26O4/c1-5-8-15(2)24-19-9-6-7-10-20(19)25-21(22)18-13-11-17(12-14-18)16(3)23-4/h6-7,9-16H,5,8H2,1-4H3. The average molecular weight is 342 g/mol. The summed E-state index contributed by atoms with van der Waals surface area (Å²) in [6.45, 7) is 6.08. The van der Waals surface area contributed by atoms with Gasteiger partial charge in [0.2, 0.25) is 0 Å². The Morgan fingerprint density at radius 2 is 1.64 bits per heavy atom. The van der Waals surface area contributed by atoms with Crippen molar-refractivity contribution >= 4 is 5.97 Å². The minimum atomic E-state index is -0.407. The molecule has 0 radical (unpaired) electrons. The van der Waals surface area contributed by atoms with E-state index in [1.165, 1.54) is 0 Å². The van der Waals surface area contributed by atoms with Gasteiger partial charge in [-0.2, -0.15) is 0 Å². The zero-order valence-corrected chi connectivity index (χ0v) is 15.3. The van der Waals surface area contributed by atoms with Crippen LogP contribution in [0, 0.1) is 0 Å². The lowest BCUT2D eigenvalue weighted by atomic mass is 10.1. The molecule has 0 saturated heterocycles. The lowest BCUT2D eigenvalue weighted by Crippen LogP contribution is -2.14. The molecule has 0 saturated carbocycles. The number of rotatable bonds is 8. The highest BCUT2D eigenvalue weighted by molar-refractivity contribution is 5.91. The summed E-state index contributed by atoms with van der Waals surface area (Å²) in [4.78, 5) is 12.4. The SMILES string of the molecule is CCCC(C)Oc1ccccc1OC(=O)c1ccc(C(C)OC)cc1. The lowest BCUT2D eigenvalue weighted by Gasteiger charge is -2.16. The number of carbonyl (C=O) groups excluding carboxylic acids is 1. The number of hydrogen-bond donors (Lipinski definition) is 0. The van der Waals surface area contributed by atoms with E-state index in [4.69, 9.17) is 14.2 Å². The molecule has 2 aromatic carbocycles. The predicted octanol–water partition coefficient (Wildman–Crippen LogP) is 5.18. The summed E-state index contributed by atoms with van der Waals surface area (Å²) in [5, 5.41) is 0. The summed E-state index contributed by atoms with van der Waals surface area (Å²) < 4.78 is 16.7. The number of ether oxygens (including phenoxy) is 3. The summed E-state index contributed by atoms with van der Waals surface area (Å²) >= 11 is 0. The van der Waals surface area contributed by atoms with Gasteiger partial charge in [0, 0.05) is 7.11 Å². The van der Waals surface area contributed by atoms with Crippen LogP contribution in [0.25, 0.3) is 0 Å². The van der Waals surface area contributed by atoms with Crippen LogP contribution in [-0.2, 0) is 4.74 Å². The van der Waals surface area contributed by atoms with E-state index in [1.807, 2.05) is 44.2 Å². The second-order valence-corrected chi connectivity index (χ2v) is 6.05. The van der Waals surface area contributed by atoms with Crippen molar-refractivity contribution in [3.63, 3.8) is 0 Å². The quantitative estimate of drug-likeness (QED) is 0.490. The molecule has 0 heterocycles. The maximum atomic E-state index is 12.4. The van der Waals surface area contributed by atoms with E-state index in [0.29, 0.717) is 17.1 Å². The first-order valence-corrected chi connectivity index (χ1v) is 8.65. The number of carbonyl (C=O) groups is 1. The molecule has 0 aliphatic rings. The van der Waals surface area contributed by atoms with Crippen molar-refractivity contribution < 1.29 is 19.0 Å². The zero-order valence-electron chi connectivity index (χ0n) is 15.3. The Balaban J connectivity index is 2.10. The molecule has 0 aliphatic carbocycles. The first-order valence-electron chi connectivity index (χ1n) is 8.65. The van der Waals surface area contributed by atoms with Gasteiger partial charge in [-0.15, -0.1) is 0 Å². The van der Waals surface area contributed by atoms with E-state index < -0.39 is 5.97 Å². The monoisotopic (exact) mass is 342 g/mol. The van der Waals surface area contributed by atoms with Crippen LogP contribution in [0.4, 0.5) is 0 Å². The highest BCUT2D eigenvalue weighted by atomic mass is 16.6. The number of benzene rings is 2. The normalized spacial score (nSPS) is 13.1. The Kier molecular flexibility index (Phi) is 7.02. The molecule has 0 spiro atoms. The van der Waals surface area contributed by atoms with Crippen LogP contribution in [0.3, 0.4) is 0 Å². The average Bonchev–Trinajstić information content (AvgIpc) is 2.63. The Morgan fingerprint density at radius 3 is 2.24 bits per heavy atom. The Hall–Kier alpha value is -2.33. The zero-order chi connectivity index (χ0) is 18.2. The van der Waals surface area contributed by atoms with Crippen molar-refractivity contribution in [3.05, 3.63) is 59.7 Å². The van der Waals surface area contributed by atoms with Crippen LogP contribution in [0.5, 0.6) is 11.5 Å². The van der Waals surface area contributed by atoms with Crippen molar-refractivity contribution in [3.8, 4) is 11.5 Å². The smallest absolute Gasteiger partial charge is 0.343 e. The van der Waals surface area contributed by atoms with Gasteiger partial charge >= 0.3 is 5.97 Å². The Bertz CT molecular complexity index is 679. The second-order valence-electron chi connectivity index (χ2n) is 6.05. The summed E-state index contributed by atoms with van der Waals surface area (Å²) in [5.41, 5.74) is 1.50. The van der Waals surface area contributed by atoms with Crippen LogP contribution in [-0.4, -0.2) is 19.2 Å². The van der Waals surface area contributed by atoms with Crippen LogP contribution in [0.15, 0.2) is 48.5 Å². The Labute approximate surface area is 149 Å². The van der Waals surface area contributed by atoms with Gasteiger partial charge in [0.25, 0.3) is 0 Å². The highest BCUT2D eigenvalue weighted by Crippen LogP contribution is 2.29. The number of hydrogen-bond acceptors (Lipinski definition) is 4. The fourth-order valence-electron chi connectivity index (χ4n) is 2.50. The highest BCUT2D eigenvalue weighted by Gasteiger charge is 2.14. The molecule has 25 heavy (non-hydrogen) atoms. The fourth-order valence-corrected chi connectivity index (χ4v) is 2.50. The van der Waals surface area contributed by atoms with Gasteiger partial charge in [0.05, 0.1) is 17.8 Å². The van der Waals surface area contributed by atoms with Crippen LogP contribution >= 0.6 is 0 Å². The summed E-state index contributed by atoms with van der Waals surface area (Å²) in [6.07, 6.45) is 2.04. The third kappa shape index (κ3) is 5.33. The summed E-state index contributed by atoms with van der Waals surface area (Å²) in [7, 11) is 1.66. The van der Waals surface area contributed by atoms with Crippen LogP contribution in [0.1, 0.15) is 55.6 Å². The molecule has 0 aromatic heterocycles. The number of para-hydroxylation sites is 2. The molecule has 2 unspecified atom stereocenters.